The summed E-state index contributed by atoms with van der Waals surface area (Å²) in [6.45, 7) is 5.45. The van der Waals surface area contributed by atoms with E-state index in [1.165, 1.54) is 12.5 Å². The number of rotatable bonds is 4. The van der Waals surface area contributed by atoms with Gasteiger partial charge in [-0.1, -0.05) is 20.8 Å². The number of hydrogen-bond donors (Lipinski definition) is 1. The summed E-state index contributed by atoms with van der Waals surface area (Å²) in [5.74, 6) is -0.306. The van der Waals surface area contributed by atoms with Crippen molar-refractivity contribution in [2.24, 2.45) is 5.41 Å². The number of ketones is 1. The maximum atomic E-state index is 12.5. The molecule has 5 nitrogen and oxygen atoms in total. The van der Waals surface area contributed by atoms with Crippen LogP contribution in [0.3, 0.4) is 0 Å². The lowest BCUT2D eigenvalue weighted by atomic mass is 9.99. The fourth-order valence-electron chi connectivity index (χ4n) is 1.62. The summed E-state index contributed by atoms with van der Waals surface area (Å²) in [4.78, 5) is 22.4. The van der Waals surface area contributed by atoms with Crippen LogP contribution in [0, 0.1) is 5.41 Å². The van der Waals surface area contributed by atoms with Crippen LogP contribution in [0.15, 0.2) is 12.5 Å². The molecule has 0 bridgehead atoms. The SMILES string of the molecule is CC(C)(C)COc1ncnc2[nH]cc(C(=O)CF)c12. The first kappa shape index (κ1) is 13.5. The number of halogens is 1. The maximum absolute atomic E-state index is 12.5. The van der Waals surface area contributed by atoms with Crippen molar-refractivity contribution in [3.8, 4) is 5.88 Å². The van der Waals surface area contributed by atoms with Gasteiger partial charge in [-0.3, -0.25) is 4.79 Å². The number of Topliss-reactive ketones (excluding diaryl/α,β-unsaturated/α-hetero) is 1. The van der Waals surface area contributed by atoms with Crippen molar-refractivity contribution in [1.82, 2.24) is 15.0 Å². The lowest BCUT2D eigenvalue weighted by molar-refractivity contribution is 0.0960. The van der Waals surface area contributed by atoms with Gasteiger partial charge in [0.25, 0.3) is 0 Å². The molecule has 0 aliphatic heterocycles. The Kier molecular flexibility index (Phi) is 3.50. The van der Waals surface area contributed by atoms with E-state index in [-0.39, 0.29) is 11.0 Å². The Labute approximate surface area is 110 Å². The molecule has 0 amide bonds. The maximum Gasteiger partial charge on any atom is 0.226 e. The molecule has 2 heterocycles. The summed E-state index contributed by atoms with van der Waals surface area (Å²) in [6.07, 6.45) is 2.78. The highest BCUT2D eigenvalue weighted by Crippen LogP contribution is 2.27. The number of fused-ring (bicyclic) bond motifs is 1. The average Bonchev–Trinajstić information content (AvgIpc) is 2.78. The number of carbonyl (C=O) groups is 1. The number of H-pyrrole nitrogens is 1. The molecule has 19 heavy (non-hydrogen) atoms. The van der Waals surface area contributed by atoms with Gasteiger partial charge in [-0.05, 0) is 5.41 Å². The Morgan fingerprint density at radius 1 is 1.42 bits per heavy atom. The molecule has 2 aromatic heterocycles. The zero-order valence-corrected chi connectivity index (χ0v) is 11.2. The Morgan fingerprint density at radius 2 is 2.16 bits per heavy atom. The van der Waals surface area contributed by atoms with Crippen molar-refractivity contribution in [3.63, 3.8) is 0 Å². The summed E-state index contributed by atoms with van der Waals surface area (Å²) in [6, 6.07) is 0. The zero-order chi connectivity index (χ0) is 14.0. The van der Waals surface area contributed by atoms with Crippen LogP contribution >= 0.6 is 0 Å². The van der Waals surface area contributed by atoms with E-state index < -0.39 is 12.5 Å². The molecule has 2 aromatic rings. The third kappa shape index (κ3) is 2.89. The molecule has 1 N–H and O–H groups in total. The molecule has 0 atom stereocenters. The third-order valence-electron chi connectivity index (χ3n) is 2.50. The van der Waals surface area contributed by atoms with Crippen LogP contribution in [0.4, 0.5) is 4.39 Å². The van der Waals surface area contributed by atoms with E-state index in [1.807, 2.05) is 20.8 Å². The molecule has 6 heteroatoms. The third-order valence-corrected chi connectivity index (χ3v) is 2.50. The summed E-state index contributed by atoms with van der Waals surface area (Å²) >= 11 is 0. The second-order valence-corrected chi connectivity index (χ2v) is 5.51. The van der Waals surface area contributed by atoms with Crippen molar-refractivity contribution in [1.29, 1.82) is 0 Å². The number of aromatic amines is 1. The van der Waals surface area contributed by atoms with E-state index >= 15 is 0 Å². The highest BCUT2D eigenvalue weighted by atomic mass is 19.1. The molecule has 0 radical (unpaired) electrons. The van der Waals surface area contributed by atoms with Crippen LogP contribution in [-0.4, -0.2) is 34.0 Å². The predicted octanol–water partition coefficient (Wildman–Crippen LogP) is 2.54. The van der Waals surface area contributed by atoms with Crippen LogP contribution in [0.1, 0.15) is 31.1 Å². The number of nitrogens with one attached hydrogen (secondary N) is 1. The van der Waals surface area contributed by atoms with Gasteiger partial charge in [0.1, 0.15) is 12.0 Å². The minimum Gasteiger partial charge on any atom is -0.477 e. The normalized spacial score (nSPS) is 11.8. The second-order valence-electron chi connectivity index (χ2n) is 5.51. The van der Waals surface area contributed by atoms with Gasteiger partial charge in [-0.2, -0.15) is 0 Å². The highest BCUT2D eigenvalue weighted by Gasteiger charge is 2.19. The fraction of sp³-hybridized carbons (Fsp3) is 0.462. The second kappa shape index (κ2) is 4.95. The minimum atomic E-state index is -1.06. The van der Waals surface area contributed by atoms with E-state index in [0.717, 1.165) is 0 Å². The lowest BCUT2D eigenvalue weighted by Crippen LogP contribution is -2.17. The molecule has 0 aliphatic carbocycles. The van der Waals surface area contributed by atoms with Gasteiger partial charge in [-0.25, -0.2) is 14.4 Å². The first-order valence-electron chi connectivity index (χ1n) is 5.96. The molecule has 0 spiro atoms. The molecule has 102 valence electrons. The van der Waals surface area contributed by atoms with Crippen molar-refractivity contribution in [2.75, 3.05) is 13.3 Å². The van der Waals surface area contributed by atoms with Crippen LogP contribution < -0.4 is 4.74 Å². The smallest absolute Gasteiger partial charge is 0.226 e. The van der Waals surface area contributed by atoms with Crippen LogP contribution in [0.5, 0.6) is 5.88 Å². The van der Waals surface area contributed by atoms with Gasteiger partial charge in [-0.15, -0.1) is 0 Å². The first-order chi connectivity index (χ1) is 8.92. The lowest BCUT2D eigenvalue weighted by Gasteiger charge is -2.18. The molecule has 0 fully saturated rings. The molecule has 0 aromatic carbocycles. The largest absolute Gasteiger partial charge is 0.477 e. The van der Waals surface area contributed by atoms with E-state index in [4.69, 9.17) is 4.74 Å². The van der Waals surface area contributed by atoms with Crippen molar-refractivity contribution in [2.45, 2.75) is 20.8 Å². The van der Waals surface area contributed by atoms with Gasteiger partial charge in [0.2, 0.25) is 5.88 Å². The number of aromatic nitrogens is 3. The quantitative estimate of drug-likeness (QED) is 0.862. The predicted molar refractivity (Wildman–Crippen MR) is 69.1 cm³/mol. The summed E-state index contributed by atoms with van der Waals surface area (Å²) < 4.78 is 18.2. The summed E-state index contributed by atoms with van der Waals surface area (Å²) in [7, 11) is 0. The molecular formula is C13H16FN3O2. The monoisotopic (exact) mass is 265 g/mol. The minimum absolute atomic E-state index is 0.0438. The van der Waals surface area contributed by atoms with E-state index in [2.05, 4.69) is 15.0 Å². The Hall–Kier alpha value is -1.98. The standard InChI is InChI=1S/C13H16FN3O2/c1-13(2,3)6-19-12-10-8(9(18)4-14)5-15-11(10)16-7-17-12/h5,7H,4,6H2,1-3H3,(H,15,16,17). The topological polar surface area (TPSA) is 67.9 Å². The number of nitrogens with zero attached hydrogens (tertiary/aromatic N) is 2. The van der Waals surface area contributed by atoms with Crippen LogP contribution in [0.25, 0.3) is 11.0 Å². The zero-order valence-electron chi connectivity index (χ0n) is 11.2. The van der Waals surface area contributed by atoms with Gasteiger partial charge in [0, 0.05) is 6.20 Å². The number of ether oxygens (including phenoxy) is 1. The van der Waals surface area contributed by atoms with Gasteiger partial charge in [0.05, 0.1) is 17.6 Å². The molecular weight excluding hydrogens is 249 g/mol. The average molecular weight is 265 g/mol. The van der Waals surface area contributed by atoms with Crippen LogP contribution in [0.2, 0.25) is 0 Å². The van der Waals surface area contributed by atoms with Crippen molar-refractivity contribution < 1.29 is 13.9 Å². The Balaban J connectivity index is 2.43. The summed E-state index contributed by atoms with van der Waals surface area (Å²) in [5.41, 5.74) is 0.649. The van der Waals surface area contributed by atoms with Crippen LogP contribution in [-0.2, 0) is 0 Å². The molecule has 0 aliphatic rings. The number of alkyl halides is 1. The number of hydrogen-bond acceptors (Lipinski definition) is 4. The van der Waals surface area contributed by atoms with Crippen molar-refractivity contribution >= 4 is 16.8 Å². The Morgan fingerprint density at radius 3 is 2.79 bits per heavy atom. The number of carbonyl (C=O) groups excluding carboxylic acids is 1. The highest BCUT2D eigenvalue weighted by molar-refractivity contribution is 6.09. The van der Waals surface area contributed by atoms with Crippen molar-refractivity contribution in [3.05, 3.63) is 18.1 Å². The first-order valence-corrected chi connectivity index (χ1v) is 5.96. The fourth-order valence-corrected chi connectivity index (χ4v) is 1.62. The van der Waals surface area contributed by atoms with Gasteiger partial charge in [0.15, 0.2) is 12.5 Å². The van der Waals surface area contributed by atoms with Gasteiger partial charge < -0.3 is 9.72 Å². The molecule has 0 saturated carbocycles. The van der Waals surface area contributed by atoms with Gasteiger partial charge >= 0.3 is 0 Å². The van der Waals surface area contributed by atoms with E-state index in [0.29, 0.717) is 23.5 Å². The molecule has 0 unspecified atom stereocenters. The van der Waals surface area contributed by atoms with E-state index in [9.17, 15) is 9.18 Å². The Bertz CT molecular complexity index is 601. The summed E-state index contributed by atoms with van der Waals surface area (Å²) in [5, 5.41) is 0.439. The van der Waals surface area contributed by atoms with E-state index in [1.54, 1.807) is 0 Å². The molecule has 0 saturated heterocycles. The molecule has 2 rings (SSSR count).